The number of esters is 2. The van der Waals surface area contributed by atoms with Crippen LogP contribution in [0.2, 0.25) is 0 Å². The van der Waals surface area contributed by atoms with E-state index in [0.29, 0.717) is 16.8 Å². The summed E-state index contributed by atoms with van der Waals surface area (Å²) in [6.07, 6.45) is 0. The van der Waals surface area contributed by atoms with Gasteiger partial charge in [-0.2, -0.15) is 0 Å². The second-order valence-electron chi connectivity index (χ2n) is 4.90. The molecule has 0 aliphatic rings. The van der Waals surface area contributed by atoms with Crippen LogP contribution in [0.4, 0.5) is 5.69 Å². The minimum absolute atomic E-state index is 0.0244. The lowest BCUT2D eigenvalue weighted by atomic mass is 10.2. The lowest BCUT2D eigenvalue weighted by Gasteiger charge is -2.07. The molecule has 2 rings (SSSR count). The minimum Gasteiger partial charge on any atom is -0.458 e. The van der Waals surface area contributed by atoms with Gasteiger partial charge in [-0.25, -0.2) is 9.59 Å². The Morgan fingerprint density at radius 1 is 0.792 bits per heavy atom. The molecule has 0 fully saturated rings. The Morgan fingerprint density at radius 2 is 1.29 bits per heavy atom. The highest BCUT2D eigenvalue weighted by Crippen LogP contribution is 2.10. The van der Waals surface area contributed by atoms with Gasteiger partial charge in [-0.1, -0.05) is 18.2 Å². The van der Waals surface area contributed by atoms with Crippen molar-refractivity contribution in [3.63, 3.8) is 0 Å². The van der Waals surface area contributed by atoms with Crippen LogP contribution in [-0.2, 0) is 14.3 Å². The first kappa shape index (κ1) is 17.2. The number of benzene rings is 2. The molecule has 1 amide bonds. The number of carbonyl (C=O) groups excluding carboxylic acids is 3. The Kier molecular flexibility index (Phi) is 6.08. The van der Waals surface area contributed by atoms with Gasteiger partial charge in [0.15, 0.2) is 0 Å². The van der Waals surface area contributed by atoms with E-state index in [1.165, 1.54) is 6.92 Å². The molecule has 1 N–H and O–H groups in total. The monoisotopic (exact) mass is 327 g/mol. The summed E-state index contributed by atoms with van der Waals surface area (Å²) in [6, 6.07) is 14.9. The van der Waals surface area contributed by atoms with Gasteiger partial charge in [-0.05, 0) is 36.4 Å². The quantitative estimate of drug-likeness (QED) is 0.651. The number of anilines is 1. The molecule has 24 heavy (non-hydrogen) atoms. The molecule has 6 nitrogen and oxygen atoms in total. The van der Waals surface area contributed by atoms with Gasteiger partial charge in [0, 0.05) is 12.6 Å². The molecule has 0 aliphatic heterocycles. The molecule has 0 aliphatic carbocycles. The highest BCUT2D eigenvalue weighted by atomic mass is 16.6. The van der Waals surface area contributed by atoms with Crippen molar-refractivity contribution >= 4 is 23.5 Å². The maximum absolute atomic E-state index is 11.8. The van der Waals surface area contributed by atoms with Gasteiger partial charge in [0.2, 0.25) is 5.91 Å². The van der Waals surface area contributed by atoms with Crippen molar-refractivity contribution in [1.29, 1.82) is 0 Å². The third-order valence-electron chi connectivity index (χ3n) is 3.00. The number of hydrogen-bond donors (Lipinski definition) is 1. The van der Waals surface area contributed by atoms with E-state index in [9.17, 15) is 14.4 Å². The predicted octanol–water partition coefficient (Wildman–Crippen LogP) is 2.66. The standard InChI is InChI=1S/C18H17NO5/c1-13(20)19-16-9-7-15(8-10-16)18(22)24-12-11-23-17(21)14-5-3-2-4-6-14/h2-10H,11-12H2,1H3,(H,19,20). The van der Waals surface area contributed by atoms with E-state index >= 15 is 0 Å². The first-order valence-corrected chi connectivity index (χ1v) is 7.33. The van der Waals surface area contributed by atoms with Gasteiger partial charge in [0.1, 0.15) is 13.2 Å². The van der Waals surface area contributed by atoms with E-state index in [1.54, 1.807) is 54.6 Å². The Bertz CT molecular complexity index is 710. The average molecular weight is 327 g/mol. The van der Waals surface area contributed by atoms with Crippen molar-refractivity contribution in [2.45, 2.75) is 6.92 Å². The van der Waals surface area contributed by atoms with Gasteiger partial charge >= 0.3 is 11.9 Å². The summed E-state index contributed by atoms with van der Waals surface area (Å²) in [5, 5.41) is 2.60. The average Bonchev–Trinajstić information content (AvgIpc) is 2.59. The molecule has 0 heterocycles. The van der Waals surface area contributed by atoms with Crippen molar-refractivity contribution in [3.8, 4) is 0 Å². The summed E-state index contributed by atoms with van der Waals surface area (Å²) in [5.74, 6) is -1.18. The summed E-state index contributed by atoms with van der Waals surface area (Å²) < 4.78 is 10.0. The molecule has 0 aromatic heterocycles. The predicted molar refractivity (Wildman–Crippen MR) is 87.8 cm³/mol. The molecule has 2 aromatic carbocycles. The van der Waals surface area contributed by atoms with Crippen LogP contribution in [0.1, 0.15) is 27.6 Å². The Hall–Kier alpha value is -3.15. The van der Waals surface area contributed by atoms with Crippen LogP contribution in [0, 0.1) is 0 Å². The van der Waals surface area contributed by atoms with Crippen LogP contribution in [0.5, 0.6) is 0 Å². The molecule has 0 atom stereocenters. The van der Waals surface area contributed by atoms with E-state index in [2.05, 4.69) is 5.32 Å². The Labute approximate surface area is 139 Å². The topological polar surface area (TPSA) is 81.7 Å². The third-order valence-corrected chi connectivity index (χ3v) is 3.00. The smallest absolute Gasteiger partial charge is 0.338 e. The van der Waals surface area contributed by atoms with Crippen LogP contribution in [-0.4, -0.2) is 31.1 Å². The van der Waals surface area contributed by atoms with E-state index in [1.807, 2.05) is 0 Å². The first-order chi connectivity index (χ1) is 11.6. The molecule has 6 heteroatoms. The van der Waals surface area contributed by atoms with Gasteiger partial charge < -0.3 is 14.8 Å². The van der Waals surface area contributed by atoms with Gasteiger partial charge in [0.25, 0.3) is 0 Å². The number of amides is 1. The molecule has 0 radical (unpaired) electrons. The Morgan fingerprint density at radius 3 is 1.79 bits per heavy atom. The molecule has 0 spiro atoms. The minimum atomic E-state index is -0.528. The molecule has 124 valence electrons. The summed E-state index contributed by atoms with van der Waals surface area (Å²) >= 11 is 0. The number of rotatable bonds is 6. The number of hydrogen-bond acceptors (Lipinski definition) is 5. The first-order valence-electron chi connectivity index (χ1n) is 7.33. The van der Waals surface area contributed by atoms with Crippen LogP contribution < -0.4 is 5.32 Å². The second-order valence-corrected chi connectivity index (χ2v) is 4.90. The van der Waals surface area contributed by atoms with E-state index in [4.69, 9.17) is 9.47 Å². The summed E-state index contributed by atoms with van der Waals surface area (Å²) in [4.78, 5) is 34.5. The largest absolute Gasteiger partial charge is 0.458 e. The second kappa shape index (κ2) is 8.47. The van der Waals surface area contributed by atoms with Crippen molar-refractivity contribution in [2.75, 3.05) is 18.5 Å². The maximum Gasteiger partial charge on any atom is 0.338 e. The fraction of sp³-hybridized carbons (Fsp3) is 0.167. The number of nitrogens with one attached hydrogen (secondary N) is 1. The van der Waals surface area contributed by atoms with Gasteiger partial charge in [-0.3, -0.25) is 4.79 Å². The van der Waals surface area contributed by atoms with Crippen LogP contribution in [0.3, 0.4) is 0 Å². The third kappa shape index (κ3) is 5.24. The number of ether oxygens (including phenoxy) is 2. The van der Waals surface area contributed by atoms with Crippen LogP contribution in [0.15, 0.2) is 54.6 Å². The van der Waals surface area contributed by atoms with Crippen LogP contribution in [0.25, 0.3) is 0 Å². The number of carbonyl (C=O) groups is 3. The highest BCUT2D eigenvalue weighted by molar-refractivity contribution is 5.92. The fourth-order valence-corrected chi connectivity index (χ4v) is 1.90. The fourth-order valence-electron chi connectivity index (χ4n) is 1.90. The zero-order valence-corrected chi connectivity index (χ0v) is 13.2. The van der Waals surface area contributed by atoms with Crippen molar-refractivity contribution in [2.24, 2.45) is 0 Å². The van der Waals surface area contributed by atoms with Crippen molar-refractivity contribution < 1.29 is 23.9 Å². The summed E-state index contributed by atoms with van der Waals surface area (Å²) in [6.45, 7) is 1.34. The molecule has 0 bridgehead atoms. The van der Waals surface area contributed by atoms with E-state index < -0.39 is 11.9 Å². The van der Waals surface area contributed by atoms with Gasteiger partial charge in [-0.15, -0.1) is 0 Å². The van der Waals surface area contributed by atoms with Gasteiger partial charge in [0.05, 0.1) is 11.1 Å². The van der Waals surface area contributed by atoms with E-state index in [0.717, 1.165) is 0 Å². The highest BCUT2D eigenvalue weighted by Gasteiger charge is 2.09. The normalized spacial score (nSPS) is 9.88. The Balaban J connectivity index is 1.75. The summed E-state index contributed by atoms with van der Waals surface area (Å²) in [7, 11) is 0. The molecule has 0 saturated carbocycles. The zero-order valence-electron chi connectivity index (χ0n) is 13.2. The molecule has 2 aromatic rings. The molecule has 0 saturated heterocycles. The van der Waals surface area contributed by atoms with Crippen LogP contribution >= 0.6 is 0 Å². The van der Waals surface area contributed by atoms with Crippen molar-refractivity contribution in [3.05, 3.63) is 65.7 Å². The molecular weight excluding hydrogens is 310 g/mol. The zero-order chi connectivity index (χ0) is 17.4. The molecular formula is C18H17NO5. The summed E-state index contributed by atoms with van der Waals surface area (Å²) in [5.41, 5.74) is 1.38. The SMILES string of the molecule is CC(=O)Nc1ccc(C(=O)OCCOC(=O)c2ccccc2)cc1. The van der Waals surface area contributed by atoms with Crippen molar-refractivity contribution in [1.82, 2.24) is 0 Å². The lowest BCUT2D eigenvalue weighted by molar-refractivity contribution is -0.114. The maximum atomic E-state index is 11.8. The molecule has 0 unspecified atom stereocenters. The lowest BCUT2D eigenvalue weighted by Crippen LogP contribution is -2.14. The van der Waals surface area contributed by atoms with E-state index in [-0.39, 0.29) is 19.1 Å².